The van der Waals surface area contributed by atoms with E-state index in [2.05, 4.69) is 41.4 Å². The summed E-state index contributed by atoms with van der Waals surface area (Å²) in [4.78, 5) is 26.2. The van der Waals surface area contributed by atoms with Crippen LogP contribution in [0.5, 0.6) is 5.88 Å². The Hall–Kier alpha value is -3.07. The molecule has 3 aliphatic rings. The number of ether oxygens (including phenoxy) is 3. The van der Waals surface area contributed by atoms with E-state index in [1.165, 1.54) is 18.5 Å². The third-order valence-corrected chi connectivity index (χ3v) is 8.38. The molecule has 1 aliphatic carbocycles. The van der Waals surface area contributed by atoms with Crippen molar-refractivity contribution in [3.63, 3.8) is 0 Å². The number of carbonyl (C=O) groups is 1. The Labute approximate surface area is 245 Å². The molecule has 1 saturated carbocycles. The van der Waals surface area contributed by atoms with Crippen molar-refractivity contribution in [3.05, 3.63) is 30.5 Å². The van der Waals surface area contributed by atoms with Gasteiger partial charge in [0.25, 0.3) is 0 Å². The highest BCUT2D eigenvalue weighted by atomic mass is 16.6. The van der Waals surface area contributed by atoms with Gasteiger partial charge in [0.15, 0.2) is 0 Å². The van der Waals surface area contributed by atoms with E-state index in [0.29, 0.717) is 43.5 Å². The van der Waals surface area contributed by atoms with Crippen molar-refractivity contribution in [2.45, 2.75) is 77.9 Å². The number of nitrogens with one attached hydrogen (secondary N) is 1. The molecule has 2 saturated heterocycles. The summed E-state index contributed by atoms with van der Waals surface area (Å²) in [5.74, 6) is 2.38. The summed E-state index contributed by atoms with van der Waals surface area (Å²) >= 11 is 0. The van der Waals surface area contributed by atoms with Gasteiger partial charge in [-0.1, -0.05) is 19.1 Å². The lowest BCUT2D eigenvalue weighted by molar-refractivity contribution is 0.0164. The van der Waals surface area contributed by atoms with Gasteiger partial charge in [-0.2, -0.15) is 4.98 Å². The number of rotatable bonds is 7. The highest BCUT2D eigenvalue weighted by Crippen LogP contribution is 2.33. The number of morpholine rings is 1. The topological polar surface area (TPSA) is 89.1 Å². The third-order valence-electron chi connectivity index (χ3n) is 8.38. The lowest BCUT2D eigenvalue weighted by Crippen LogP contribution is -2.42. The monoisotopic (exact) mass is 565 g/mol. The number of nitrogens with zero attached hydrogens (tertiary/aromatic N) is 4. The Bertz CT molecular complexity index is 1130. The molecule has 0 spiro atoms. The second-order valence-electron chi connectivity index (χ2n) is 12.9. The Morgan fingerprint density at radius 1 is 1.00 bits per heavy atom. The average Bonchev–Trinajstić information content (AvgIpc) is 2.97. The van der Waals surface area contributed by atoms with Crippen LogP contribution in [0.15, 0.2) is 30.5 Å². The largest absolute Gasteiger partial charge is 0.477 e. The summed E-state index contributed by atoms with van der Waals surface area (Å²) < 4.78 is 17.5. The molecule has 224 valence electrons. The molecule has 0 unspecified atom stereocenters. The lowest BCUT2D eigenvalue weighted by Gasteiger charge is -2.33. The average molecular weight is 566 g/mol. The minimum absolute atomic E-state index is 0.233. The van der Waals surface area contributed by atoms with Gasteiger partial charge in [-0.15, -0.1) is 0 Å². The number of hydrogen-bond acceptors (Lipinski definition) is 8. The van der Waals surface area contributed by atoms with E-state index in [9.17, 15) is 4.79 Å². The van der Waals surface area contributed by atoms with E-state index in [1.807, 2.05) is 27.0 Å². The SMILES string of the molecule is CC1CCC(Nc2ncc(-c3ccc(N4CCOCC4)cc3)c(OCC3CCN(C(=O)OC(C)(C)C)CC3)n2)CC1. The number of aromatic nitrogens is 2. The van der Waals surface area contributed by atoms with Gasteiger partial charge >= 0.3 is 6.09 Å². The maximum Gasteiger partial charge on any atom is 0.410 e. The zero-order chi connectivity index (χ0) is 28.8. The smallest absolute Gasteiger partial charge is 0.410 e. The molecular formula is C32H47N5O4. The van der Waals surface area contributed by atoms with Gasteiger partial charge in [0, 0.05) is 44.1 Å². The summed E-state index contributed by atoms with van der Waals surface area (Å²) in [6.45, 7) is 13.3. The minimum atomic E-state index is -0.484. The molecule has 2 aromatic rings. The molecule has 5 rings (SSSR count). The van der Waals surface area contributed by atoms with Crippen molar-refractivity contribution >= 4 is 17.7 Å². The maximum absolute atomic E-state index is 12.5. The van der Waals surface area contributed by atoms with Gasteiger partial charge in [0.1, 0.15) is 5.60 Å². The van der Waals surface area contributed by atoms with Crippen LogP contribution in [0.2, 0.25) is 0 Å². The van der Waals surface area contributed by atoms with Crippen LogP contribution in [0, 0.1) is 11.8 Å². The van der Waals surface area contributed by atoms with Crippen LogP contribution in [-0.2, 0) is 9.47 Å². The summed E-state index contributed by atoms with van der Waals surface area (Å²) in [5, 5.41) is 3.57. The first-order valence-electron chi connectivity index (χ1n) is 15.4. The normalized spacial score (nSPS) is 22.3. The molecule has 0 bridgehead atoms. The Balaban J connectivity index is 1.26. The number of carbonyl (C=O) groups excluding carboxylic acids is 1. The Kier molecular flexibility index (Phi) is 9.53. The number of hydrogen-bond donors (Lipinski definition) is 1. The summed E-state index contributed by atoms with van der Waals surface area (Å²) in [6.07, 6.45) is 8.16. The van der Waals surface area contributed by atoms with Crippen molar-refractivity contribution in [1.82, 2.24) is 14.9 Å². The number of benzene rings is 1. The van der Waals surface area contributed by atoms with Gasteiger partial charge in [0.2, 0.25) is 11.8 Å². The van der Waals surface area contributed by atoms with Gasteiger partial charge in [0.05, 0.1) is 25.4 Å². The standard InChI is InChI=1S/C32H47N5O4/c1-23-5-9-26(10-6-23)34-30-33-21-28(25-7-11-27(12-8-25)36-17-19-39-20-18-36)29(35-30)40-22-24-13-15-37(16-14-24)31(38)41-32(2,3)4/h7-8,11-12,21,23-24,26H,5-6,9-10,13-20,22H2,1-4H3,(H,33,34,35). The molecule has 3 fully saturated rings. The van der Waals surface area contributed by atoms with Crippen molar-refractivity contribution < 1.29 is 19.0 Å². The molecule has 1 amide bonds. The number of anilines is 2. The first-order chi connectivity index (χ1) is 19.7. The Morgan fingerprint density at radius 3 is 2.34 bits per heavy atom. The van der Waals surface area contributed by atoms with E-state index in [1.54, 1.807) is 4.90 Å². The first kappa shape index (κ1) is 29.4. The molecule has 1 N–H and O–H groups in total. The van der Waals surface area contributed by atoms with Crippen LogP contribution >= 0.6 is 0 Å². The molecular weight excluding hydrogens is 518 g/mol. The molecule has 9 nitrogen and oxygen atoms in total. The van der Waals surface area contributed by atoms with E-state index < -0.39 is 5.60 Å². The molecule has 1 aromatic heterocycles. The van der Waals surface area contributed by atoms with Crippen LogP contribution in [0.3, 0.4) is 0 Å². The van der Waals surface area contributed by atoms with Crippen LogP contribution in [-0.4, -0.2) is 78.6 Å². The van der Waals surface area contributed by atoms with Crippen molar-refractivity contribution in [1.29, 1.82) is 0 Å². The number of piperidine rings is 1. The van der Waals surface area contributed by atoms with E-state index >= 15 is 0 Å². The van der Waals surface area contributed by atoms with Gasteiger partial charge < -0.3 is 29.3 Å². The molecule has 3 heterocycles. The summed E-state index contributed by atoms with van der Waals surface area (Å²) in [7, 11) is 0. The molecule has 9 heteroatoms. The molecule has 0 radical (unpaired) electrons. The number of likely N-dealkylation sites (tertiary alicyclic amines) is 1. The highest BCUT2D eigenvalue weighted by molar-refractivity contribution is 5.70. The fourth-order valence-corrected chi connectivity index (χ4v) is 5.81. The van der Waals surface area contributed by atoms with E-state index in [-0.39, 0.29) is 6.09 Å². The zero-order valence-electron chi connectivity index (χ0n) is 25.2. The van der Waals surface area contributed by atoms with Gasteiger partial charge in [-0.25, -0.2) is 9.78 Å². The minimum Gasteiger partial charge on any atom is -0.477 e. The second-order valence-corrected chi connectivity index (χ2v) is 12.9. The fraction of sp³-hybridized carbons (Fsp3) is 0.656. The van der Waals surface area contributed by atoms with Crippen LogP contribution < -0.4 is 15.0 Å². The van der Waals surface area contributed by atoms with Crippen molar-refractivity contribution in [3.8, 4) is 17.0 Å². The second kappa shape index (κ2) is 13.3. The lowest BCUT2D eigenvalue weighted by atomic mass is 9.87. The predicted molar refractivity (Wildman–Crippen MR) is 162 cm³/mol. The molecule has 2 aliphatic heterocycles. The molecule has 0 atom stereocenters. The zero-order valence-corrected chi connectivity index (χ0v) is 25.2. The molecule has 1 aromatic carbocycles. The van der Waals surface area contributed by atoms with Gasteiger partial charge in [-0.3, -0.25) is 0 Å². The van der Waals surface area contributed by atoms with E-state index in [4.69, 9.17) is 24.2 Å². The van der Waals surface area contributed by atoms with Crippen LogP contribution in [0.4, 0.5) is 16.4 Å². The summed E-state index contributed by atoms with van der Waals surface area (Å²) in [5.41, 5.74) is 2.65. The van der Waals surface area contributed by atoms with Gasteiger partial charge in [-0.05, 0) is 88.8 Å². The van der Waals surface area contributed by atoms with Crippen LogP contribution in [0.1, 0.15) is 66.2 Å². The predicted octanol–water partition coefficient (Wildman–Crippen LogP) is 6.00. The summed E-state index contributed by atoms with van der Waals surface area (Å²) in [6, 6.07) is 8.98. The van der Waals surface area contributed by atoms with Crippen molar-refractivity contribution in [2.75, 3.05) is 56.2 Å². The quantitative estimate of drug-likeness (QED) is 0.438. The maximum atomic E-state index is 12.5. The fourth-order valence-electron chi connectivity index (χ4n) is 5.81. The number of amides is 1. The highest BCUT2D eigenvalue weighted by Gasteiger charge is 2.28. The van der Waals surface area contributed by atoms with E-state index in [0.717, 1.165) is 69.0 Å². The first-order valence-corrected chi connectivity index (χ1v) is 15.4. The molecule has 41 heavy (non-hydrogen) atoms. The third kappa shape index (κ3) is 8.24. The van der Waals surface area contributed by atoms with Crippen LogP contribution in [0.25, 0.3) is 11.1 Å². The van der Waals surface area contributed by atoms with Crippen molar-refractivity contribution in [2.24, 2.45) is 11.8 Å². The Morgan fingerprint density at radius 2 is 1.68 bits per heavy atom.